The number of nitrogens with zero attached hydrogens (tertiary/aromatic N) is 3. The van der Waals surface area contributed by atoms with E-state index in [1.807, 2.05) is 13.2 Å². The lowest BCUT2D eigenvalue weighted by atomic mass is 10.4. The molecule has 0 aromatic carbocycles. The molecule has 0 radical (unpaired) electrons. The van der Waals surface area contributed by atoms with E-state index in [0.717, 1.165) is 53.6 Å². The molecule has 1 aliphatic rings. The molecular weight excluding hydrogens is 280 g/mol. The number of hydrogen-bond donors (Lipinski definition) is 1. The van der Waals surface area contributed by atoms with Crippen LogP contribution in [0, 0.1) is 0 Å². The van der Waals surface area contributed by atoms with Crippen LogP contribution in [0.1, 0.15) is 5.01 Å². The number of rotatable bonds is 4. The summed E-state index contributed by atoms with van der Waals surface area (Å²) in [7, 11) is 1.89. The van der Waals surface area contributed by atoms with Crippen molar-refractivity contribution >= 4 is 27.8 Å². The van der Waals surface area contributed by atoms with Gasteiger partial charge in [0.25, 0.3) is 0 Å². The van der Waals surface area contributed by atoms with E-state index in [-0.39, 0.29) is 0 Å². The van der Waals surface area contributed by atoms with E-state index in [1.54, 1.807) is 22.7 Å². The highest BCUT2D eigenvalue weighted by Crippen LogP contribution is 2.29. The third-order valence-corrected chi connectivity index (χ3v) is 4.85. The second-order valence-corrected chi connectivity index (χ2v) is 6.27. The Morgan fingerprint density at radius 1 is 1.42 bits per heavy atom. The van der Waals surface area contributed by atoms with E-state index in [2.05, 4.69) is 25.6 Å². The number of nitrogens with one attached hydrogen (secondary N) is 1. The van der Waals surface area contributed by atoms with E-state index in [1.165, 1.54) is 0 Å². The summed E-state index contributed by atoms with van der Waals surface area (Å²) >= 11 is 3.35. The molecule has 3 heterocycles. The summed E-state index contributed by atoms with van der Waals surface area (Å²) in [5.74, 6) is 0. The van der Waals surface area contributed by atoms with Crippen LogP contribution in [0.15, 0.2) is 11.6 Å². The highest BCUT2D eigenvalue weighted by Gasteiger charge is 2.14. The van der Waals surface area contributed by atoms with Gasteiger partial charge in [0.05, 0.1) is 30.3 Å². The van der Waals surface area contributed by atoms with Crippen molar-refractivity contribution in [1.82, 2.24) is 14.9 Å². The molecule has 1 saturated heterocycles. The standard InChI is InChI=1S/C12H16N4OS2/c1-13-12-15-9(8-18-12)10-6-14-11(19-10)7-16-2-4-17-5-3-16/h6,8H,2-5,7H2,1H3,(H,13,15). The Balaban J connectivity index is 1.68. The van der Waals surface area contributed by atoms with E-state index in [4.69, 9.17) is 4.74 Å². The van der Waals surface area contributed by atoms with Gasteiger partial charge in [-0.25, -0.2) is 9.97 Å². The van der Waals surface area contributed by atoms with Crippen LogP contribution in [-0.2, 0) is 11.3 Å². The number of hydrogen-bond acceptors (Lipinski definition) is 7. The molecule has 3 rings (SSSR count). The summed E-state index contributed by atoms with van der Waals surface area (Å²) in [6.45, 7) is 4.56. The van der Waals surface area contributed by atoms with Crippen molar-refractivity contribution in [3.63, 3.8) is 0 Å². The van der Waals surface area contributed by atoms with Crippen LogP contribution in [0.5, 0.6) is 0 Å². The van der Waals surface area contributed by atoms with Crippen molar-refractivity contribution in [1.29, 1.82) is 0 Å². The van der Waals surface area contributed by atoms with Crippen molar-refractivity contribution in [2.24, 2.45) is 0 Å². The lowest BCUT2D eigenvalue weighted by Gasteiger charge is -2.25. The van der Waals surface area contributed by atoms with Crippen LogP contribution >= 0.6 is 22.7 Å². The van der Waals surface area contributed by atoms with Crippen LogP contribution in [0.2, 0.25) is 0 Å². The molecule has 0 saturated carbocycles. The molecule has 0 unspecified atom stereocenters. The van der Waals surface area contributed by atoms with Crippen molar-refractivity contribution in [2.75, 3.05) is 38.7 Å². The molecular formula is C12H16N4OS2. The van der Waals surface area contributed by atoms with Crippen molar-refractivity contribution in [2.45, 2.75) is 6.54 Å². The van der Waals surface area contributed by atoms with Gasteiger partial charge in [0.1, 0.15) is 5.01 Å². The fraction of sp³-hybridized carbons (Fsp3) is 0.500. The third-order valence-electron chi connectivity index (χ3n) is 2.99. The van der Waals surface area contributed by atoms with Gasteiger partial charge in [-0.2, -0.15) is 0 Å². The average Bonchev–Trinajstić information content (AvgIpc) is 3.08. The lowest BCUT2D eigenvalue weighted by Crippen LogP contribution is -2.35. The summed E-state index contributed by atoms with van der Waals surface area (Å²) in [5, 5.41) is 7.22. The van der Waals surface area contributed by atoms with Crippen LogP contribution in [0.3, 0.4) is 0 Å². The van der Waals surface area contributed by atoms with Gasteiger partial charge in [-0.05, 0) is 0 Å². The first-order valence-corrected chi connectivity index (χ1v) is 7.93. The molecule has 0 atom stereocenters. The van der Waals surface area contributed by atoms with Gasteiger partial charge in [0.15, 0.2) is 5.13 Å². The van der Waals surface area contributed by atoms with Gasteiger partial charge in [0, 0.05) is 31.7 Å². The average molecular weight is 296 g/mol. The predicted octanol–water partition coefficient (Wildman–Crippen LogP) is 2.14. The zero-order valence-corrected chi connectivity index (χ0v) is 12.4. The van der Waals surface area contributed by atoms with E-state index in [0.29, 0.717) is 0 Å². The smallest absolute Gasteiger partial charge is 0.182 e. The Kier molecular flexibility index (Phi) is 4.07. The predicted molar refractivity (Wildman–Crippen MR) is 78.9 cm³/mol. The largest absolute Gasteiger partial charge is 0.379 e. The van der Waals surface area contributed by atoms with E-state index < -0.39 is 0 Å². The van der Waals surface area contributed by atoms with Gasteiger partial charge in [-0.15, -0.1) is 22.7 Å². The Hall–Kier alpha value is -1.02. The molecule has 0 amide bonds. The molecule has 2 aromatic rings. The van der Waals surface area contributed by atoms with Gasteiger partial charge < -0.3 is 10.1 Å². The first kappa shape index (κ1) is 13.0. The normalized spacial score (nSPS) is 16.7. The third kappa shape index (κ3) is 3.11. The quantitative estimate of drug-likeness (QED) is 0.937. The van der Waals surface area contributed by atoms with Crippen molar-refractivity contribution in [3.8, 4) is 10.6 Å². The minimum atomic E-state index is 0.829. The van der Waals surface area contributed by atoms with Crippen LogP contribution < -0.4 is 5.32 Å². The number of anilines is 1. The van der Waals surface area contributed by atoms with E-state index >= 15 is 0 Å². The van der Waals surface area contributed by atoms with Gasteiger partial charge in [0.2, 0.25) is 0 Å². The second-order valence-electron chi connectivity index (χ2n) is 4.29. The number of ether oxygens (including phenoxy) is 1. The molecule has 0 spiro atoms. The second kappa shape index (κ2) is 5.96. The molecule has 19 heavy (non-hydrogen) atoms. The first-order chi connectivity index (χ1) is 9.35. The fourth-order valence-corrected chi connectivity index (χ4v) is 3.62. The molecule has 0 bridgehead atoms. The zero-order valence-electron chi connectivity index (χ0n) is 10.8. The van der Waals surface area contributed by atoms with Crippen molar-refractivity contribution < 1.29 is 4.74 Å². The maximum atomic E-state index is 5.35. The monoisotopic (exact) mass is 296 g/mol. The Morgan fingerprint density at radius 3 is 3.00 bits per heavy atom. The SMILES string of the molecule is CNc1nc(-c2cnc(CN3CCOCC3)s2)cs1. The number of morpholine rings is 1. The van der Waals surface area contributed by atoms with Gasteiger partial charge in [-0.1, -0.05) is 0 Å². The summed E-state index contributed by atoms with van der Waals surface area (Å²) in [6.07, 6.45) is 1.93. The van der Waals surface area contributed by atoms with Crippen LogP contribution in [0.25, 0.3) is 10.6 Å². The molecule has 1 fully saturated rings. The zero-order chi connectivity index (χ0) is 13.1. The van der Waals surface area contributed by atoms with Gasteiger partial charge >= 0.3 is 0 Å². The molecule has 102 valence electrons. The maximum Gasteiger partial charge on any atom is 0.182 e. The highest BCUT2D eigenvalue weighted by atomic mass is 32.1. The number of aromatic nitrogens is 2. The topological polar surface area (TPSA) is 50.3 Å². The Morgan fingerprint density at radius 2 is 2.26 bits per heavy atom. The molecule has 1 N–H and O–H groups in total. The Bertz CT molecular complexity index is 533. The van der Waals surface area contributed by atoms with Gasteiger partial charge in [-0.3, -0.25) is 4.90 Å². The number of thiazole rings is 2. The minimum Gasteiger partial charge on any atom is -0.379 e. The Labute approximate surface area is 120 Å². The maximum absolute atomic E-state index is 5.35. The van der Waals surface area contributed by atoms with Crippen LogP contribution in [-0.4, -0.2) is 48.2 Å². The summed E-state index contributed by atoms with van der Waals surface area (Å²) in [5.41, 5.74) is 1.01. The molecule has 7 heteroatoms. The molecule has 0 aliphatic carbocycles. The molecule has 2 aromatic heterocycles. The van der Waals surface area contributed by atoms with Crippen molar-refractivity contribution in [3.05, 3.63) is 16.6 Å². The molecule has 1 aliphatic heterocycles. The lowest BCUT2D eigenvalue weighted by molar-refractivity contribution is 0.0341. The first-order valence-electron chi connectivity index (χ1n) is 6.23. The minimum absolute atomic E-state index is 0.829. The summed E-state index contributed by atoms with van der Waals surface area (Å²) < 4.78 is 5.35. The fourth-order valence-electron chi connectivity index (χ4n) is 1.95. The summed E-state index contributed by atoms with van der Waals surface area (Å²) in [6, 6.07) is 0. The summed E-state index contributed by atoms with van der Waals surface area (Å²) in [4.78, 5) is 12.5. The van der Waals surface area contributed by atoms with E-state index in [9.17, 15) is 0 Å². The van der Waals surface area contributed by atoms with Crippen LogP contribution in [0.4, 0.5) is 5.13 Å². The molecule has 5 nitrogen and oxygen atoms in total. The highest BCUT2D eigenvalue weighted by molar-refractivity contribution is 7.16.